The molecule has 1 aromatic heterocycles. The van der Waals surface area contributed by atoms with Crippen LogP contribution in [0.2, 0.25) is 0 Å². The number of methoxy groups -OCH3 is 1. The van der Waals surface area contributed by atoms with Gasteiger partial charge >= 0.3 is 0 Å². The van der Waals surface area contributed by atoms with Crippen molar-refractivity contribution < 1.29 is 14.3 Å². The van der Waals surface area contributed by atoms with Crippen LogP contribution in [0.4, 0.5) is 4.79 Å². The van der Waals surface area contributed by atoms with E-state index in [1.165, 1.54) is 23.3 Å². The molecule has 0 spiro atoms. The van der Waals surface area contributed by atoms with Gasteiger partial charge in [-0.05, 0) is 80.3 Å². The summed E-state index contributed by atoms with van der Waals surface area (Å²) < 4.78 is 7.21. The van der Waals surface area contributed by atoms with Gasteiger partial charge < -0.3 is 9.30 Å². The van der Waals surface area contributed by atoms with E-state index in [1.807, 2.05) is 13.0 Å². The molecule has 1 aliphatic heterocycles. The van der Waals surface area contributed by atoms with E-state index in [2.05, 4.69) is 48.7 Å². The first-order valence-electron chi connectivity index (χ1n) is 10.5. The van der Waals surface area contributed by atoms with E-state index < -0.39 is 0 Å². The highest BCUT2D eigenvalue weighted by Crippen LogP contribution is 2.33. The lowest BCUT2D eigenvalue weighted by Crippen LogP contribution is -2.29. The summed E-state index contributed by atoms with van der Waals surface area (Å²) in [4.78, 5) is 26.7. The molecule has 0 saturated carbocycles. The molecule has 6 heteroatoms. The van der Waals surface area contributed by atoms with Gasteiger partial charge in [0.25, 0.3) is 11.1 Å². The maximum Gasteiger partial charge on any atom is 0.293 e. The minimum absolute atomic E-state index is 0.209. The van der Waals surface area contributed by atoms with Gasteiger partial charge in [-0.2, -0.15) is 0 Å². The van der Waals surface area contributed by atoms with Gasteiger partial charge in [-0.15, -0.1) is 0 Å². The first kappa shape index (κ1) is 22.4. The smallest absolute Gasteiger partial charge is 0.293 e. The molecule has 0 N–H and O–H groups in total. The van der Waals surface area contributed by atoms with Crippen LogP contribution in [0.5, 0.6) is 0 Å². The second-order valence-corrected chi connectivity index (χ2v) is 8.60. The Labute approximate surface area is 183 Å². The van der Waals surface area contributed by atoms with Crippen molar-refractivity contribution in [1.29, 1.82) is 0 Å². The largest absolute Gasteiger partial charge is 0.385 e. The van der Waals surface area contributed by atoms with Crippen LogP contribution in [0.3, 0.4) is 0 Å². The number of ether oxygens (including phenoxy) is 1. The number of nitrogens with zero attached hydrogens (tertiary/aromatic N) is 2. The van der Waals surface area contributed by atoms with Gasteiger partial charge in [0.15, 0.2) is 0 Å². The summed E-state index contributed by atoms with van der Waals surface area (Å²) in [6, 6.07) is 10.7. The highest BCUT2D eigenvalue weighted by Gasteiger charge is 2.34. The summed E-state index contributed by atoms with van der Waals surface area (Å²) in [6.07, 6.45) is 5.98. The van der Waals surface area contributed by atoms with Gasteiger partial charge in [-0.3, -0.25) is 14.5 Å². The summed E-state index contributed by atoms with van der Waals surface area (Å²) in [5.41, 5.74) is 5.58. The lowest BCUT2D eigenvalue weighted by Gasteiger charge is -2.11. The molecule has 1 fully saturated rings. The predicted octanol–water partition coefficient (Wildman–Crippen LogP) is 5.51. The number of imide groups is 1. The minimum Gasteiger partial charge on any atom is -0.385 e. The van der Waals surface area contributed by atoms with Crippen LogP contribution in [-0.4, -0.2) is 40.9 Å². The van der Waals surface area contributed by atoms with E-state index in [-0.39, 0.29) is 11.1 Å². The molecule has 3 rings (SSSR count). The summed E-state index contributed by atoms with van der Waals surface area (Å²) in [7, 11) is 1.61. The monoisotopic (exact) mass is 426 g/mol. The fourth-order valence-electron chi connectivity index (χ4n) is 3.72. The molecule has 2 amide bonds. The van der Waals surface area contributed by atoms with E-state index in [4.69, 9.17) is 4.74 Å². The van der Waals surface area contributed by atoms with Crippen molar-refractivity contribution >= 4 is 29.0 Å². The fraction of sp³-hybridized carbons (Fsp3) is 0.417. The molecule has 0 atom stereocenters. The number of hydrogen-bond donors (Lipinski definition) is 0. The topological polar surface area (TPSA) is 51.5 Å². The zero-order valence-electron chi connectivity index (χ0n) is 18.2. The molecule has 160 valence electrons. The van der Waals surface area contributed by atoms with Crippen molar-refractivity contribution in [3.05, 3.63) is 57.8 Å². The second kappa shape index (κ2) is 10.1. The minimum atomic E-state index is -0.216. The average Bonchev–Trinajstić information content (AvgIpc) is 3.16. The Morgan fingerprint density at radius 1 is 1.10 bits per heavy atom. The Bertz CT molecular complexity index is 944. The van der Waals surface area contributed by atoms with Crippen molar-refractivity contribution in [3.63, 3.8) is 0 Å². The Kier molecular flexibility index (Phi) is 7.56. The van der Waals surface area contributed by atoms with Gasteiger partial charge in [0, 0.05) is 37.3 Å². The van der Waals surface area contributed by atoms with Crippen LogP contribution in [0.25, 0.3) is 11.8 Å². The van der Waals surface area contributed by atoms with Crippen molar-refractivity contribution in [2.24, 2.45) is 0 Å². The standard InChI is InChI=1S/C24H30N2O3S/c1-5-6-8-19-9-11-21(12-10-19)26-17(2)15-20(18(26)3)16-22-23(27)25(24(28)30-22)13-7-14-29-4/h9-12,15-16H,5-8,13-14H2,1-4H3/b22-16+. The molecular weight excluding hydrogens is 396 g/mol. The van der Waals surface area contributed by atoms with Crippen LogP contribution in [0.1, 0.15) is 48.7 Å². The average molecular weight is 427 g/mol. The van der Waals surface area contributed by atoms with Crippen LogP contribution < -0.4 is 0 Å². The van der Waals surface area contributed by atoms with Crippen molar-refractivity contribution in [1.82, 2.24) is 9.47 Å². The molecule has 0 radical (unpaired) electrons. The van der Waals surface area contributed by atoms with Gasteiger partial charge in [0.05, 0.1) is 4.91 Å². The van der Waals surface area contributed by atoms with E-state index in [0.717, 1.165) is 40.8 Å². The van der Waals surface area contributed by atoms with Crippen molar-refractivity contribution in [2.45, 2.75) is 46.5 Å². The molecule has 2 heterocycles. The van der Waals surface area contributed by atoms with Gasteiger partial charge in [0.2, 0.25) is 0 Å². The molecule has 0 unspecified atom stereocenters. The zero-order chi connectivity index (χ0) is 21.7. The van der Waals surface area contributed by atoms with Crippen LogP contribution in [0, 0.1) is 13.8 Å². The SMILES string of the molecule is CCCCc1ccc(-n2c(C)cc(/C=C3/SC(=O)N(CCCOC)C3=O)c2C)cc1. The van der Waals surface area contributed by atoms with Crippen LogP contribution >= 0.6 is 11.8 Å². The highest BCUT2D eigenvalue weighted by atomic mass is 32.2. The highest BCUT2D eigenvalue weighted by molar-refractivity contribution is 8.18. The third-order valence-corrected chi connectivity index (χ3v) is 6.28. The van der Waals surface area contributed by atoms with Gasteiger partial charge in [0.1, 0.15) is 0 Å². The number of carbonyl (C=O) groups excluding carboxylic acids is 2. The first-order valence-corrected chi connectivity index (χ1v) is 11.3. The number of carbonyl (C=O) groups is 2. The Balaban J connectivity index is 1.82. The normalized spacial score (nSPS) is 15.6. The quantitative estimate of drug-likeness (QED) is 0.392. The van der Waals surface area contributed by atoms with Gasteiger partial charge in [-0.1, -0.05) is 25.5 Å². The van der Waals surface area contributed by atoms with E-state index in [0.29, 0.717) is 24.5 Å². The number of unbranched alkanes of at least 4 members (excludes halogenated alkanes) is 1. The number of hydrogen-bond acceptors (Lipinski definition) is 4. The molecule has 1 aromatic carbocycles. The van der Waals surface area contributed by atoms with E-state index in [1.54, 1.807) is 7.11 Å². The van der Waals surface area contributed by atoms with Crippen LogP contribution in [0.15, 0.2) is 35.2 Å². The van der Waals surface area contributed by atoms with E-state index in [9.17, 15) is 9.59 Å². The molecule has 0 bridgehead atoms. The third kappa shape index (κ3) is 4.87. The van der Waals surface area contributed by atoms with Crippen molar-refractivity contribution in [3.8, 4) is 5.69 Å². The molecule has 5 nitrogen and oxygen atoms in total. The maximum absolute atomic E-state index is 12.7. The number of amides is 2. The van der Waals surface area contributed by atoms with Crippen LogP contribution in [-0.2, 0) is 16.0 Å². The number of rotatable bonds is 9. The molecular formula is C24H30N2O3S. The Morgan fingerprint density at radius 3 is 2.50 bits per heavy atom. The predicted molar refractivity (Wildman–Crippen MR) is 123 cm³/mol. The Hall–Kier alpha value is -2.31. The first-order chi connectivity index (χ1) is 14.5. The lowest BCUT2D eigenvalue weighted by atomic mass is 10.1. The summed E-state index contributed by atoms with van der Waals surface area (Å²) in [6.45, 7) is 7.23. The molecule has 2 aromatic rings. The molecule has 1 saturated heterocycles. The second-order valence-electron chi connectivity index (χ2n) is 7.61. The summed E-state index contributed by atoms with van der Waals surface area (Å²) in [5.74, 6) is -0.216. The molecule has 30 heavy (non-hydrogen) atoms. The molecule has 1 aliphatic rings. The number of aromatic nitrogens is 1. The fourth-order valence-corrected chi connectivity index (χ4v) is 4.58. The molecule has 0 aliphatic carbocycles. The number of aryl methyl sites for hydroxylation is 2. The maximum atomic E-state index is 12.7. The number of thioether (sulfide) groups is 1. The number of benzene rings is 1. The Morgan fingerprint density at radius 2 is 1.83 bits per heavy atom. The lowest BCUT2D eigenvalue weighted by molar-refractivity contribution is -0.122. The summed E-state index contributed by atoms with van der Waals surface area (Å²) >= 11 is 1.01. The van der Waals surface area contributed by atoms with E-state index >= 15 is 0 Å². The van der Waals surface area contributed by atoms with Crippen molar-refractivity contribution in [2.75, 3.05) is 20.3 Å². The van der Waals surface area contributed by atoms with Gasteiger partial charge in [-0.25, -0.2) is 0 Å². The zero-order valence-corrected chi connectivity index (χ0v) is 19.1. The third-order valence-electron chi connectivity index (χ3n) is 5.37. The summed E-state index contributed by atoms with van der Waals surface area (Å²) in [5, 5.41) is -0.209.